The lowest BCUT2D eigenvalue weighted by molar-refractivity contribution is -0.192. The zero-order chi connectivity index (χ0) is 31.0. The first-order valence-electron chi connectivity index (χ1n) is 13.7. The predicted molar refractivity (Wildman–Crippen MR) is 149 cm³/mol. The first kappa shape index (κ1) is 31.0. The van der Waals surface area contributed by atoms with Gasteiger partial charge in [0.2, 0.25) is 5.91 Å². The normalized spacial score (nSPS) is 15.5. The molecule has 5 rings (SSSR count). The molecule has 1 aliphatic carbocycles. The minimum Gasteiger partial charge on any atom is -0.475 e. The maximum Gasteiger partial charge on any atom is 0.490 e. The van der Waals surface area contributed by atoms with Crippen LogP contribution in [0.15, 0.2) is 43.0 Å². The number of nitriles is 1. The number of halogens is 3. The molecule has 0 spiro atoms. The monoisotopic (exact) mass is 597 g/mol. The number of benzene rings is 1. The molecule has 226 valence electrons. The maximum absolute atomic E-state index is 12.8. The van der Waals surface area contributed by atoms with Crippen LogP contribution in [-0.2, 0) is 16.0 Å². The van der Waals surface area contributed by atoms with Gasteiger partial charge in [0.15, 0.2) is 11.5 Å². The summed E-state index contributed by atoms with van der Waals surface area (Å²) in [7, 11) is 0. The summed E-state index contributed by atoms with van der Waals surface area (Å²) in [6.45, 7) is 1.45. The van der Waals surface area contributed by atoms with Crippen molar-refractivity contribution in [2.24, 2.45) is 0 Å². The van der Waals surface area contributed by atoms with Crippen LogP contribution in [0.4, 0.5) is 18.9 Å². The third-order valence-corrected chi connectivity index (χ3v) is 7.29. The lowest BCUT2D eigenvalue weighted by Gasteiger charge is -2.32. The summed E-state index contributed by atoms with van der Waals surface area (Å²) in [6, 6.07) is 8.20. The van der Waals surface area contributed by atoms with Gasteiger partial charge in [0.05, 0.1) is 18.4 Å². The predicted octanol–water partition coefficient (Wildman–Crippen LogP) is 4.80. The van der Waals surface area contributed by atoms with E-state index in [0.29, 0.717) is 12.3 Å². The Morgan fingerprint density at radius 3 is 2.49 bits per heavy atom. The molecule has 0 unspecified atom stereocenters. The maximum atomic E-state index is 12.8. The van der Waals surface area contributed by atoms with Gasteiger partial charge in [0, 0.05) is 36.7 Å². The van der Waals surface area contributed by atoms with Crippen LogP contribution in [-0.4, -0.2) is 67.0 Å². The fourth-order valence-corrected chi connectivity index (χ4v) is 5.07. The van der Waals surface area contributed by atoms with E-state index >= 15 is 0 Å². The van der Waals surface area contributed by atoms with E-state index in [2.05, 4.69) is 43.5 Å². The fraction of sp³-hybridized carbons (Fsp3) is 0.379. The molecule has 1 aliphatic heterocycles. The van der Waals surface area contributed by atoms with Crippen LogP contribution < -0.4 is 5.32 Å². The largest absolute Gasteiger partial charge is 0.490 e. The number of carbonyl (C=O) groups excluding carboxylic acids is 2. The van der Waals surface area contributed by atoms with Crippen LogP contribution in [0.25, 0.3) is 5.57 Å². The molecule has 14 heteroatoms. The van der Waals surface area contributed by atoms with Crippen molar-refractivity contribution in [2.45, 2.75) is 57.0 Å². The quantitative estimate of drug-likeness (QED) is 0.317. The molecule has 1 fully saturated rings. The number of allylic oxidation sites excluding steroid dienone is 2. The summed E-state index contributed by atoms with van der Waals surface area (Å²) < 4.78 is 31.7. The highest BCUT2D eigenvalue weighted by Gasteiger charge is 2.38. The molecule has 0 saturated carbocycles. The van der Waals surface area contributed by atoms with Gasteiger partial charge in [0.1, 0.15) is 6.07 Å². The number of aliphatic carboxylic acids is 1. The summed E-state index contributed by atoms with van der Waals surface area (Å²) >= 11 is 0. The highest BCUT2D eigenvalue weighted by Crippen LogP contribution is 2.36. The fourth-order valence-electron chi connectivity index (χ4n) is 5.07. The minimum atomic E-state index is -5.08. The molecular formula is C29H30F3N7O4. The second-order valence-corrected chi connectivity index (χ2v) is 10.2. The number of carboxylic acids is 1. The number of hydrogen-bond acceptors (Lipinski definition) is 6. The van der Waals surface area contributed by atoms with Gasteiger partial charge in [-0.15, -0.1) is 0 Å². The van der Waals surface area contributed by atoms with Gasteiger partial charge in [-0.2, -0.15) is 18.4 Å². The Labute approximate surface area is 244 Å². The number of aromatic nitrogens is 4. The number of carboxylic acid groups (broad SMARTS) is 1. The van der Waals surface area contributed by atoms with Gasteiger partial charge < -0.3 is 25.3 Å². The summed E-state index contributed by atoms with van der Waals surface area (Å²) in [5.41, 5.74) is 5.23. The Balaban J connectivity index is 0.000000541. The number of piperidine rings is 1. The van der Waals surface area contributed by atoms with E-state index < -0.39 is 12.1 Å². The summed E-state index contributed by atoms with van der Waals surface area (Å²) in [5, 5.41) is 19.1. The second-order valence-electron chi connectivity index (χ2n) is 10.2. The molecule has 3 aromatic rings. The van der Waals surface area contributed by atoms with Crippen LogP contribution in [0.2, 0.25) is 0 Å². The Morgan fingerprint density at radius 2 is 1.91 bits per heavy atom. The molecule has 3 heterocycles. The molecule has 11 nitrogen and oxygen atoms in total. The van der Waals surface area contributed by atoms with Gasteiger partial charge in [-0.05, 0) is 67.7 Å². The lowest BCUT2D eigenvalue weighted by atomic mass is 9.85. The molecule has 1 aromatic carbocycles. The van der Waals surface area contributed by atoms with Gasteiger partial charge in [0.25, 0.3) is 5.91 Å². The van der Waals surface area contributed by atoms with Gasteiger partial charge >= 0.3 is 12.1 Å². The topological polar surface area (TPSA) is 168 Å². The van der Waals surface area contributed by atoms with Crippen LogP contribution in [0.3, 0.4) is 0 Å². The number of nitrogens with one attached hydrogen (secondary N) is 3. The van der Waals surface area contributed by atoms with E-state index in [-0.39, 0.29) is 23.3 Å². The van der Waals surface area contributed by atoms with E-state index in [1.165, 1.54) is 23.8 Å². The molecule has 0 atom stereocenters. The average molecular weight is 598 g/mol. The number of hydrogen-bond donors (Lipinski definition) is 4. The van der Waals surface area contributed by atoms with Crippen molar-refractivity contribution < 1.29 is 32.7 Å². The molecule has 4 N–H and O–H groups in total. The van der Waals surface area contributed by atoms with Crippen LogP contribution in [0, 0.1) is 11.3 Å². The Bertz CT molecular complexity index is 1520. The molecule has 2 aromatic heterocycles. The number of carbonyl (C=O) groups is 3. The number of amides is 2. The molecule has 2 aliphatic rings. The summed E-state index contributed by atoms with van der Waals surface area (Å²) in [5.74, 6) is -2.54. The van der Waals surface area contributed by atoms with E-state index in [0.717, 1.165) is 62.1 Å². The summed E-state index contributed by atoms with van der Waals surface area (Å²) in [6.07, 6.45) is 8.43. The van der Waals surface area contributed by atoms with E-state index in [1.807, 2.05) is 17.0 Å². The smallest absolute Gasteiger partial charge is 0.475 e. The number of alkyl halides is 3. The first-order valence-corrected chi connectivity index (χ1v) is 13.7. The molecule has 43 heavy (non-hydrogen) atoms. The standard InChI is InChI=1S/C27H29N7O2.C2HF3O2/c28-14-22-16-30-26(32-22)27(36)33-24-7-6-20(12-23(24)19-4-2-1-3-5-19)18-8-10-34(11-9-18)25(35)13-21-15-29-17-31-21;3-2(4,5)1(6)7/h4,6-7,12,15-18H,1-3,5,8-11,13H2,(H,29,31)(H,30,32)(H,33,36);(H,6,7). The molecule has 2 amide bonds. The van der Waals surface area contributed by atoms with Crippen molar-refractivity contribution in [3.63, 3.8) is 0 Å². The van der Waals surface area contributed by atoms with E-state index in [4.69, 9.17) is 15.2 Å². The molecule has 0 radical (unpaired) electrons. The van der Waals surface area contributed by atoms with Crippen molar-refractivity contribution in [1.82, 2.24) is 24.8 Å². The van der Waals surface area contributed by atoms with Crippen LogP contribution >= 0.6 is 0 Å². The lowest BCUT2D eigenvalue weighted by Crippen LogP contribution is -2.38. The van der Waals surface area contributed by atoms with E-state index in [9.17, 15) is 22.8 Å². The first-order chi connectivity index (χ1) is 20.5. The number of rotatable bonds is 6. The van der Waals surface area contributed by atoms with Gasteiger partial charge in [-0.25, -0.2) is 14.8 Å². The zero-order valence-electron chi connectivity index (χ0n) is 23.1. The number of likely N-dealkylation sites (tertiary alicyclic amines) is 1. The Hall–Kier alpha value is -4.93. The average Bonchev–Trinajstić information content (AvgIpc) is 3.70. The number of aromatic amines is 2. The van der Waals surface area contributed by atoms with Crippen molar-refractivity contribution >= 4 is 29.0 Å². The van der Waals surface area contributed by atoms with Crippen molar-refractivity contribution in [2.75, 3.05) is 18.4 Å². The van der Waals surface area contributed by atoms with Gasteiger partial charge in [-0.3, -0.25) is 9.59 Å². The second kappa shape index (κ2) is 13.8. The Morgan fingerprint density at radius 1 is 1.16 bits per heavy atom. The molecule has 1 saturated heterocycles. The molecule has 0 bridgehead atoms. The number of imidazole rings is 2. The zero-order valence-corrected chi connectivity index (χ0v) is 23.1. The number of nitrogens with zero attached hydrogens (tertiary/aromatic N) is 4. The van der Waals surface area contributed by atoms with Crippen LogP contribution in [0.5, 0.6) is 0 Å². The van der Waals surface area contributed by atoms with Crippen molar-refractivity contribution in [1.29, 1.82) is 5.26 Å². The third-order valence-electron chi connectivity index (χ3n) is 7.29. The highest BCUT2D eigenvalue weighted by atomic mass is 19.4. The van der Waals surface area contributed by atoms with E-state index in [1.54, 1.807) is 12.5 Å². The van der Waals surface area contributed by atoms with Crippen LogP contribution in [0.1, 0.15) is 77.6 Å². The van der Waals surface area contributed by atoms with Gasteiger partial charge in [-0.1, -0.05) is 12.1 Å². The molecular weight excluding hydrogens is 567 g/mol. The third kappa shape index (κ3) is 8.31. The summed E-state index contributed by atoms with van der Waals surface area (Å²) in [4.78, 5) is 50.1. The minimum absolute atomic E-state index is 0.115. The number of anilines is 1. The SMILES string of the molecule is N#Cc1c[nH]c(C(=O)Nc2ccc(C3CCN(C(=O)Cc4c[nH]cn4)CC3)cc2C2=CCCCC2)n1.O=C(O)C(F)(F)F. The Kier molecular flexibility index (Phi) is 9.97. The van der Waals surface area contributed by atoms with Crippen molar-refractivity contribution in [3.05, 3.63) is 71.3 Å². The number of H-pyrrole nitrogens is 2. The van der Waals surface area contributed by atoms with Crippen molar-refractivity contribution in [3.8, 4) is 6.07 Å². The highest BCUT2D eigenvalue weighted by molar-refractivity contribution is 6.03.